The Labute approximate surface area is 135 Å². The fraction of sp³-hybridized carbons (Fsp3) is 0.529. The Morgan fingerprint density at radius 1 is 1.22 bits per heavy atom. The van der Waals surface area contributed by atoms with E-state index in [1.165, 1.54) is 11.1 Å². The lowest BCUT2D eigenvalue weighted by Gasteiger charge is -2.29. The lowest BCUT2D eigenvalue weighted by molar-refractivity contribution is -0.137. The molecule has 2 amide bonds. The average Bonchev–Trinajstić information content (AvgIpc) is 2.90. The number of amides is 2. The highest BCUT2D eigenvalue weighted by Gasteiger charge is 2.35. The molecule has 1 aromatic rings. The Balaban J connectivity index is 1.46. The lowest BCUT2D eigenvalue weighted by atomic mass is 10.0. The molecule has 1 aromatic carbocycles. The van der Waals surface area contributed by atoms with Gasteiger partial charge in [-0.15, -0.1) is 0 Å². The second kappa shape index (κ2) is 5.94. The number of fused-ring (bicyclic) bond motifs is 1. The summed E-state index contributed by atoms with van der Waals surface area (Å²) in [4.78, 5) is 25.5. The van der Waals surface area contributed by atoms with Crippen LogP contribution < -0.4 is 15.4 Å². The minimum Gasteiger partial charge on any atom is -0.493 e. The quantitative estimate of drug-likeness (QED) is 0.788. The van der Waals surface area contributed by atoms with Crippen molar-refractivity contribution in [3.8, 4) is 5.75 Å². The molecule has 122 valence electrons. The summed E-state index contributed by atoms with van der Waals surface area (Å²) in [6, 6.07) is 5.91. The molecule has 0 saturated carbocycles. The molecular weight excluding hydrogens is 294 g/mol. The number of imide groups is 1. The molecule has 2 fully saturated rings. The number of piperidine rings is 1. The zero-order valence-corrected chi connectivity index (χ0v) is 13.0. The first-order valence-electron chi connectivity index (χ1n) is 8.23. The predicted octanol–water partition coefficient (Wildman–Crippen LogP) is 0.406. The van der Waals surface area contributed by atoms with Gasteiger partial charge in [-0.1, -0.05) is 12.1 Å². The molecule has 6 heteroatoms. The molecule has 6 nitrogen and oxygen atoms in total. The van der Waals surface area contributed by atoms with Gasteiger partial charge in [-0.3, -0.25) is 19.8 Å². The van der Waals surface area contributed by atoms with Gasteiger partial charge in [0.15, 0.2) is 0 Å². The lowest BCUT2D eigenvalue weighted by Crippen LogP contribution is -2.50. The number of nitrogens with one attached hydrogen (secondary N) is 2. The molecule has 0 radical (unpaired) electrons. The van der Waals surface area contributed by atoms with Gasteiger partial charge in [-0.2, -0.15) is 0 Å². The Hall–Kier alpha value is -1.92. The summed E-state index contributed by atoms with van der Waals surface area (Å²) in [5.74, 6) is 1.20. The largest absolute Gasteiger partial charge is 0.493 e. The minimum absolute atomic E-state index is 0.166. The molecule has 2 saturated heterocycles. The molecule has 4 rings (SSSR count). The van der Waals surface area contributed by atoms with Crippen molar-refractivity contribution in [3.63, 3.8) is 0 Å². The van der Waals surface area contributed by atoms with E-state index >= 15 is 0 Å². The summed E-state index contributed by atoms with van der Waals surface area (Å²) in [6.45, 7) is 4.24. The van der Waals surface area contributed by atoms with Crippen molar-refractivity contribution in [2.24, 2.45) is 5.92 Å². The van der Waals surface area contributed by atoms with E-state index in [9.17, 15) is 9.59 Å². The van der Waals surface area contributed by atoms with E-state index in [2.05, 4.69) is 21.6 Å². The van der Waals surface area contributed by atoms with Crippen LogP contribution in [0.3, 0.4) is 0 Å². The van der Waals surface area contributed by atoms with E-state index < -0.39 is 0 Å². The molecular formula is C17H21N3O3. The zero-order valence-electron chi connectivity index (χ0n) is 13.0. The fourth-order valence-corrected chi connectivity index (χ4v) is 3.48. The Kier molecular flexibility index (Phi) is 3.79. The Morgan fingerprint density at radius 3 is 2.83 bits per heavy atom. The molecule has 2 N–H and O–H groups in total. The minimum atomic E-state index is -0.219. The van der Waals surface area contributed by atoms with Gasteiger partial charge >= 0.3 is 0 Å². The molecule has 3 aliphatic heterocycles. The molecule has 23 heavy (non-hydrogen) atoms. The number of carbonyl (C=O) groups excluding carboxylic acids is 2. The maximum Gasteiger partial charge on any atom is 0.243 e. The monoisotopic (exact) mass is 315 g/mol. The highest BCUT2D eigenvalue weighted by molar-refractivity contribution is 6.00. The number of nitrogens with zero attached hydrogens (tertiary/aromatic N) is 1. The van der Waals surface area contributed by atoms with Gasteiger partial charge in [0.2, 0.25) is 11.8 Å². The number of rotatable bonds is 4. The standard InChI is InChI=1S/C17H21N3O3/c21-16-5-4-14(17(22)19-16)20-8-12-2-1-3-15(13(12)9-20)23-10-11-6-18-7-11/h1-3,11,14,18H,4-10H2,(H,19,21,22). The first-order chi connectivity index (χ1) is 11.2. The van der Waals surface area contributed by atoms with E-state index in [0.717, 1.165) is 32.0 Å². The molecule has 0 spiro atoms. The first kappa shape index (κ1) is 14.7. The van der Waals surface area contributed by atoms with Crippen LogP contribution in [-0.4, -0.2) is 42.5 Å². The summed E-state index contributed by atoms with van der Waals surface area (Å²) in [7, 11) is 0. The van der Waals surface area contributed by atoms with Crippen LogP contribution in [0.2, 0.25) is 0 Å². The van der Waals surface area contributed by atoms with Crippen LogP contribution in [0.25, 0.3) is 0 Å². The normalized spacial score (nSPS) is 25.0. The van der Waals surface area contributed by atoms with E-state index in [1.807, 2.05) is 12.1 Å². The summed E-state index contributed by atoms with van der Waals surface area (Å²) in [5.41, 5.74) is 2.41. The third-order valence-corrected chi connectivity index (χ3v) is 4.96. The van der Waals surface area contributed by atoms with Gasteiger partial charge in [0.05, 0.1) is 12.6 Å². The van der Waals surface area contributed by atoms with Gasteiger partial charge < -0.3 is 10.1 Å². The van der Waals surface area contributed by atoms with Crippen molar-refractivity contribution in [2.45, 2.75) is 32.0 Å². The highest BCUT2D eigenvalue weighted by atomic mass is 16.5. The predicted molar refractivity (Wildman–Crippen MR) is 83.7 cm³/mol. The van der Waals surface area contributed by atoms with Crippen LogP contribution in [0.4, 0.5) is 0 Å². The van der Waals surface area contributed by atoms with Crippen molar-refractivity contribution in [2.75, 3.05) is 19.7 Å². The number of hydrogen-bond acceptors (Lipinski definition) is 5. The van der Waals surface area contributed by atoms with Crippen LogP contribution >= 0.6 is 0 Å². The van der Waals surface area contributed by atoms with Gasteiger partial charge in [0.25, 0.3) is 0 Å². The zero-order chi connectivity index (χ0) is 15.8. The van der Waals surface area contributed by atoms with E-state index in [0.29, 0.717) is 25.3 Å². The molecule has 1 atom stereocenters. The second-order valence-corrected chi connectivity index (χ2v) is 6.60. The first-order valence-corrected chi connectivity index (χ1v) is 8.23. The summed E-state index contributed by atoms with van der Waals surface area (Å²) < 4.78 is 6.01. The van der Waals surface area contributed by atoms with E-state index in [1.54, 1.807) is 0 Å². The van der Waals surface area contributed by atoms with Gasteiger partial charge in [0.1, 0.15) is 5.75 Å². The van der Waals surface area contributed by atoms with Crippen LogP contribution in [0.1, 0.15) is 24.0 Å². The molecule has 3 heterocycles. The highest BCUT2D eigenvalue weighted by Crippen LogP contribution is 2.33. The smallest absolute Gasteiger partial charge is 0.243 e. The van der Waals surface area contributed by atoms with Crippen molar-refractivity contribution in [1.29, 1.82) is 0 Å². The Bertz CT molecular complexity index is 642. The third-order valence-electron chi connectivity index (χ3n) is 4.96. The number of ether oxygens (including phenoxy) is 1. The number of carbonyl (C=O) groups is 2. The molecule has 1 unspecified atom stereocenters. The number of hydrogen-bond donors (Lipinski definition) is 2. The van der Waals surface area contributed by atoms with Crippen LogP contribution in [-0.2, 0) is 22.7 Å². The van der Waals surface area contributed by atoms with Crippen molar-refractivity contribution < 1.29 is 14.3 Å². The molecule has 0 aromatic heterocycles. The molecule has 0 aliphatic carbocycles. The summed E-state index contributed by atoms with van der Waals surface area (Å²) in [6.07, 6.45) is 1.02. The third kappa shape index (κ3) is 2.84. The van der Waals surface area contributed by atoms with Crippen molar-refractivity contribution >= 4 is 11.8 Å². The molecule has 3 aliphatic rings. The van der Waals surface area contributed by atoms with Crippen LogP contribution in [0.15, 0.2) is 18.2 Å². The Morgan fingerprint density at radius 2 is 2.09 bits per heavy atom. The average molecular weight is 315 g/mol. The maximum atomic E-state index is 12.1. The second-order valence-electron chi connectivity index (χ2n) is 6.60. The SMILES string of the molecule is O=C1CCC(N2Cc3cccc(OCC4CNC4)c3C2)C(=O)N1. The summed E-state index contributed by atoms with van der Waals surface area (Å²) in [5, 5.41) is 5.69. The van der Waals surface area contributed by atoms with Crippen LogP contribution in [0.5, 0.6) is 5.75 Å². The van der Waals surface area contributed by atoms with E-state index in [-0.39, 0.29) is 17.9 Å². The van der Waals surface area contributed by atoms with E-state index in [4.69, 9.17) is 4.74 Å². The fourth-order valence-electron chi connectivity index (χ4n) is 3.48. The van der Waals surface area contributed by atoms with Crippen molar-refractivity contribution in [1.82, 2.24) is 15.5 Å². The van der Waals surface area contributed by atoms with Crippen LogP contribution in [0, 0.1) is 5.92 Å². The van der Waals surface area contributed by atoms with Crippen molar-refractivity contribution in [3.05, 3.63) is 29.3 Å². The maximum absolute atomic E-state index is 12.1. The van der Waals surface area contributed by atoms with Gasteiger partial charge in [-0.05, 0) is 18.1 Å². The number of benzene rings is 1. The summed E-state index contributed by atoms with van der Waals surface area (Å²) >= 11 is 0. The van der Waals surface area contributed by atoms with Gasteiger partial charge in [-0.25, -0.2) is 0 Å². The molecule has 0 bridgehead atoms. The van der Waals surface area contributed by atoms with Gasteiger partial charge in [0, 0.05) is 44.1 Å². The topological polar surface area (TPSA) is 70.7 Å².